The summed E-state index contributed by atoms with van der Waals surface area (Å²) in [6.45, 7) is 23.8. The highest BCUT2D eigenvalue weighted by molar-refractivity contribution is 6.46. The molecule has 0 saturated carbocycles. The Labute approximate surface area is 446 Å². The van der Waals surface area contributed by atoms with Crippen LogP contribution in [0.15, 0.2) is 127 Å². The van der Waals surface area contributed by atoms with Gasteiger partial charge in [0.1, 0.15) is 23.0 Å². The van der Waals surface area contributed by atoms with E-state index in [0.29, 0.717) is 113 Å². The van der Waals surface area contributed by atoms with E-state index in [9.17, 15) is 0 Å². The second kappa shape index (κ2) is 18.8. The maximum Gasteiger partial charge on any atom is 0.266 e. The number of hydrogen-bond donors (Lipinski definition) is 0. The van der Waals surface area contributed by atoms with Crippen LogP contribution in [0.25, 0.3) is 43.1 Å². The van der Waals surface area contributed by atoms with Crippen LogP contribution in [0.2, 0.25) is 0 Å². The molecule has 0 bridgehead atoms. The van der Waals surface area contributed by atoms with E-state index < -0.39 is 23.6 Å². The van der Waals surface area contributed by atoms with Crippen LogP contribution >= 0.6 is 0 Å². The van der Waals surface area contributed by atoms with E-state index in [1.165, 1.54) is 15.4 Å². The van der Waals surface area contributed by atoms with Gasteiger partial charge in [-0.1, -0.05) is 168 Å². The number of anilines is 2. The molecule has 0 unspecified atom stereocenters. The molecule has 11 rings (SSSR count). The van der Waals surface area contributed by atoms with Gasteiger partial charge in [0, 0.05) is 43.4 Å². The maximum atomic E-state index is 15.7. The molecule has 9 aromatic carbocycles. The van der Waals surface area contributed by atoms with Crippen molar-refractivity contribution in [1.82, 2.24) is 0 Å². The molecule has 0 atom stereocenters. The molecule has 2 aliphatic heterocycles. The second-order valence-corrected chi connectivity index (χ2v) is 23.5. The van der Waals surface area contributed by atoms with Crippen molar-refractivity contribution < 1.29 is 28.7 Å². The number of amides is 4. The zero-order chi connectivity index (χ0) is 53.7. The Bertz CT molecular complexity index is 3860. The Morgan fingerprint density at radius 1 is 0.447 bits per heavy atom. The predicted octanol–water partition coefficient (Wildman–Crippen LogP) is 17.8. The van der Waals surface area contributed by atoms with Crippen LogP contribution < -0.4 is 19.3 Å². The van der Waals surface area contributed by atoms with Crippen molar-refractivity contribution in [3.05, 3.63) is 177 Å². The molecule has 8 heteroatoms. The fourth-order valence-electron chi connectivity index (χ4n) is 12.7. The van der Waals surface area contributed by atoms with Crippen molar-refractivity contribution in [3.63, 3.8) is 0 Å². The van der Waals surface area contributed by atoms with Crippen molar-refractivity contribution in [3.8, 4) is 23.0 Å². The fourth-order valence-corrected chi connectivity index (χ4v) is 12.7. The molecule has 4 amide bonds. The minimum absolute atomic E-state index is 0.0234. The van der Waals surface area contributed by atoms with E-state index in [1.807, 2.05) is 103 Å². The molecule has 76 heavy (non-hydrogen) atoms. The minimum atomic E-state index is -0.438. The van der Waals surface area contributed by atoms with Crippen LogP contribution in [0.5, 0.6) is 23.0 Å². The molecular formula is C68H66N2O6. The summed E-state index contributed by atoms with van der Waals surface area (Å²) in [5.41, 5.74) is 7.57. The van der Waals surface area contributed by atoms with E-state index in [4.69, 9.17) is 9.47 Å². The third kappa shape index (κ3) is 8.11. The third-order valence-electron chi connectivity index (χ3n) is 15.6. The van der Waals surface area contributed by atoms with Crippen molar-refractivity contribution in [2.45, 2.75) is 126 Å². The van der Waals surface area contributed by atoms with Crippen molar-refractivity contribution in [2.24, 2.45) is 5.41 Å². The number of benzene rings is 9. The summed E-state index contributed by atoms with van der Waals surface area (Å²) < 4.78 is 14.1. The second-order valence-electron chi connectivity index (χ2n) is 23.5. The number of imide groups is 2. The average molecular weight is 1010 g/mol. The molecule has 0 aromatic heterocycles. The Hall–Kier alpha value is -7.84. The molecule has 0 radical (unpaired) electrons. The first kappa shape index (κ1) is 50.3. The summed E-state index contributed by atoms with van der Waals surface area (Å²) in [6.07, 6.45) is 4.00. The Kier molecular flexibility index (Phi) is 12.4. The molecule has 0 saturated heterocycles. The standard InChI is InChI=1S/C68H66N2O6/c1-12-19-40-21-17-25-45(38(3)4)61(40)69-63(71)49-34-32-48-58-54(76-44-29-27-42(28-30-44)68(10,11)37-67(7,8)9)36-52-56-50(64(72)70(66(52)74)62-41(20-13-2)22-18-26-46(62)39(5)6)33-31-47(60(56)58)57-53(75-43-23-15-14-16-24-43)35-51(65(69)73)55(49)59(48)57/h14-18,21-36,38-39H,12-13,19-20,37H2,1-11H3. The Morgan fingerprint density at radius 2 is 0.868 bits per heavy atom. The van der Waals surface area contributed by atoms with Crippen molar-refractivity contribution in [1.29, 1.82) is 0 Å². The summed E-state index contributed by atoms with van der Waals surface area (Å²) in [6, 6.07) is 40.9. The summed E-state index contributed by atoms with van der Waals surface area (Å²) >= 11 is 0. The van der Waals surface area contributed by atoms with Crippen LogP contribution in [0.3, 0.4) is 0 Å². The molecule has 0 spiro atoms. The van der Waals surface area contributed by atoms with Gasteiger partial charge in [-0.05, 0) is 129 Å². The van der Waals surface area contributed by atoms with Gasteiger partial charge >= 0.3 is 0 Å². The highest BCUT2D eigenvalue weighted by atomic mass is 16.5. The topological polar surface area (TPSA) is 93.2 Å². The maximum absolute atomic E-state index is 15.7. The first-order chi connectivity index (χ1) is 36.3. The number of para-hydroxylation sites is 3. The van der Waals surface area contributed by atoms with Gasteiger partial charge in [-0.2, -0.15) is 0 Å². The van der Waals surface area contributed by atoms with Crippen LogP contribution in [-0.4, -0.2) is 23.6 Å². The van der Waals surface area contributed by atoms with E-state index >= 15 is 19.2 Å². The van der Waals surface area contributed by atoms with Gasteiger partial charge < -0.3 is 9.47 Å². The van der Waals surface area contributed by atoms with E-state index in [1.54, 1.807) is 12.1 Å². The lowest BCUT2D eigenvalue weighted by Crippen LogP contribution is -2.42. The number of carbonyl (C=O) groups excluding carboxylic acids is 4. The van der Waals surface area contributed by atoms with Gasteiger partial charge in [0.25, 0.3) is 23.6 Å². The van der Waals surface area contributed by atoms with Gasteiger partial charge in [-0.25, -0.2) is 9.80 Å². The predicted molar refractivity (Wildman–Crippen MR) is 309 cm³/mol. The quantitative estimate of drug-likeness (QED) is 0.0612. The average Bonchev–Trinajstić information content (AvgIpc) is 3.58. The number of ether oxygens (including phenoxy) is 2. The number of rotatable bonds is 14. The number of carbonyl (C=O) groups is 4. The zero-order valence-corrected chi connectivity index (χ0v) is 45.7. The van der Waals surface area contributed by atoms with E-state index in [0.717, 1.165) is 41.5 Å². The summed E-state index contributed by atoms with van der Waals surface area (Å²) in [5.74, 6) is 0.283. The molecule has 0 aliphatic carbocycles. The number of aryl methyl sites for hydroxylation is 2. The Morgan fingerprint density at radius 3 is 1.28 bits per heavy atom. The summed E-state index contributed by atoms with van der Waals surface area (Å²) in [7, 11) is 0. The molecule has 0 N–H and O–H groups in total. The van der Waals surface area contributed by atoms with E-state index in [2.05, 4.69) is 88.3 Å². The third-order valence-corrected chi connectivity index (χ3v) is 15.6. The van der Waals surface area contributed by atoms with Crippen LogP contribution in [0.1, 0.15) is 177 Å². The molecule has 8 nitrogen and oxygen atoms in total. The lowest BCUT2D eigenvalue weighted by atomic mass is 9.72. The van der Waals surface area contributed by atoms with Crippen molar-refractivity contribution >= 4 is 78.1 Å². The summed E-state index contributed by atoms with van der Waals surface area (Å²) in [5, 5.41) is 4.99. The molecule has 2 aliphatic rings. The van der Waals surface area contributed by atoms with Gasteiger partial charge in [0.2, 0.25) is 0 Å². The number of hydrogen-bond acceptors (Lipinski definition) is 6. The largest absolute Gasteiger partial charge is 0.457 e. The first-order valence-corrected chi connectivity index (χ1v) is 27.1. The van der Waals surface area contributed by atoms with Crippen molar-refractivity contribution in [2.75, 3.05) is 9.80 Å². The first-order valence-electron chi connectivity index (χ1n) is 27.1. The lowest BCUT2D eigenvalue weighted by Gasteiger charge is -2.34. The number of nitrogens with zero attached hydrogens (tertiary/aromatic N) is 2. The lowest BCUT2D eigenvalue weighted by molar-refractivity contribution is 0.0877. The molecule has 2 heterocycles. The molecule has 384 valence electrons. The fraction of sp³-hybridized carbons (Fsp3) is 0.294. The Balaban J connectivity index is 1.23. The van der Waals surface area contributed by atoms with Gasteiger partial charge in [-0.15, -0.1) is 0 Å². The monoisotopic (exact) mass is 1010 g/mol. The van der Waals surface area contributed by atoms with Crippen LogP contribution in [0, 0.1) is 5.41 Å². The number of fused-ring (bicyclic) bond motifs is 2. The van der Waals surface area contributed by atoms with Crippen LogP contribution in [0.4, 0.5) is 11.4 Å². The van der Waals surface area contributed by atoms with E-state index in [-0.39, 0.29) is 22.7 Å². The SMILES string of the molecule is CCCc1cccc(C(C)C)c1N1C(=O)c2ccc3c4c(Oc5ccc(C(C)(C)CC(C)(C)C)cc5)cc5c6c(ccc(c7c(Oc8ccccc8)cc(c2c37)C1=O)c64)C(=O)N(c1c(CCC)cccc1C(C)C)C5=O. The molecule has 9 aromatic rings. The smallest absolute Gasteiger partial charge is 0.266 e. The summed E-state index contributed by atoms with van der Waals surface area (Å²) in [4.78, 5) is 65.0. The normalized spacial score (nSPS) is 14.0. The highest BCUT2D eigenvalue weighted by Crippen LogP contribution is 2.54. The zero-order valence-electron chi connectivity index (χ0n) is 45.7. The van der Waals surface area contributed by atoms with Crippen LogP contribution in [-0.2, 0) is 18.3 Å². The molecule has 0 fully saturated rings. The molecular weight excluding hydrogens is 941 g/mol. The highest BCUT2D eigenvalue weighted by Gasteiger charge is 2.42. The minimum Gasteiger partial charge on any atom is -0.457 e. The van der Waals surface area contributed by atoms with Gasteiger partial charge in [-0.3, -0.25) is 19.2 Å². The van der Waals surface area contributed by atoms with Gasteiger partial charge in [0.05, 0.1) is 22.5 Å². The van der Waals surface area contributed by atoms with Gasteiger partial charge in [0.15, 0.2) is 0 Å².